The number of aryl methyl sites for hydroxylation is 3. The molecule has 0 aliphatic carbocycles. The summed E-state index contributed by atoms with van der Waals surface area (Å²) in [6, 6.07) is 5.93. The summed E-state index contributed by atoms with van der Waals surface area (Å²) < 4.78 is 38.6. The first-order chi connectivity index (χ1) is 13.2. The number of sulfonamides is 1. The number of benzene rings is 1. The highest BCUT2D eigenvalue weighted by molar-refractivity contribution is 7.89. The van der Waals surface area contributed by atoms with Crippen LogP contribution in [0.2, 0.25) is 0 Å². The quantitative estimate of drug-likeness (QED) is 0.563. The zero-order valence-corrected chi connectivity index (χ0v) is 17.1. The number of likely N-dealkylation sites (N-methyl/N-ethyl adjacent to an activating group) is 1. The summed E-state index contributed by atoms with van der Waals surface area (Å²) in [6.07, 6.45) is 3.22. The fraction of sp³-hybridized carbons (Fsp3) is 0.389. The van der Waals surface area contributed by atoms with Crippen molar-refractivity contribution in [3.05, 3.63) is 53.6 Å². The number of ether oxygens (including phenoxy) is 1. The SMILES string of the molecule is Cc1cc(C)cc(OCc2nc(CCN(C)S(=O)(=O)c3cn(C)cn3)no2)c1. The minimum absolute atomic E-state index is 0.00755. The number of imidazole rings is 1. The van der Waals surface area contributed by atoms with Gasteiger partial charge in [-0.3, -0.25) is 0 Å². The Kier molecular flexibility index (Phi) is 5.80. The molecule has 0 aliphatic rings. The van der Waals surface area contributed by atoms with Crippen LogP contribution in [0.5, 0.6) is 5.75 Å². The third-order valence-corrected chi connectivity index (χ3v) is 5.82. The normalized spacial score (nSPS) is 11.9. The van der Waals surface area contributed by atoms with Gasteiger partial charge in [0.25, 0.3) is 15.9 Å². The molecule has 0 atom stereocenters. The van der Waals surface area contributed by atoms with Gasteiger partial charge in [0.15, 0.2) is 17.5 Å². The van der Waals surface area contributed by atoms with E-state index in [1.807, 2.05) is 26.0 Å². The Balaban J connectivity index is 1.55. The van der Waals surface area contributed by atoms with E-state index in [9.17, 15) is 8.42 Å². The lowest BCUT2D eigenvalue weighted by Crippen LogP contribution is -2.29. The lowest BCUT2D eigenvalue weighted by molar-refractivity contribution is 0.242. The lowest BCUT2D eigenvalue weighted by atomic mass is 10.1. The largest absolute Gasteiger partial charge is 0.484 e. The fourth-order valence-corrected chi connectivity index (χ4v) is 3.80. The number of aromatic nitrogens is 4. The van der Waals surface area contributed by atoms with Crippen molar-refractivity contribution >= 4 is 10.0 Å². The Morgan fingerprint density at radius 1 is 1.21 bits per heavy atom. The first-order valence-electron chi connectivity index (χ1n) is 8.71. The second-order valence-corrected chi connectivity index (χ2v) is 8.66. The molecule has 3 rings (SSSR count). The third kappa shape index (κ3) is 4.76. The van der Waals surface area contributed by atoms with Crippen LogP contribution in [0.3, 0.4) is 0 Å². The Morgan fingerprint density at radius 3 is 2.57 bits per heavy atom. The molecule has 0 N–H and O–H groups in total. The van der Waals surface area contributed by atoms with Crippen molar-refractivity contribution < 1.29 is 17.7 Å². The number of hydrogen-bond acceptors (Lipinski definition) is 7. The van der Waals surface area contributed by atoms with Crippen LogP contribution in [0.25, 0.3) is 0 Å². The fourth-order valence-electron chi connectivity index (χ4n) is 2.67. The molecule has 0 saturated carbocycles. The highest BCUT2D eigenvalue weighted by Crippen LogP contribution is 2.17. The molecule has 28 heavy (non-hydrogen) atoms. The van der Waals surface area contributed by atoms with E-state index < -0.39 is 10.0 Å². The van der Waals surface area contributed by atoms with Gasteiger partial charge in [-0.25, -0.2) is 13.4 Å². The molecule has 0 bridgehead atoms. The van der Waals surface area contributed by atoms with Crippen molar-refractivity contribution in [2.24, 2.45) is 7.05 Å². The van der Waals surface area contributed by atoms with Gasteiger partial charge in [0.1, 0.15) is 5.75 Å². The van der Waals surface area contributed by atoms with Crippen molar-refractivity contribution in [2.75, 3.05) is 13.6 Å². The Bertz CT molecular complexity index is 1040. The lowest BCUT2D eigenvalue weighted by Gasteiger charge is -2.14. The monoisotopic (exact) mass is 405 g/mol. The predicted octanol–water partition coefficient (Wildman–Crippen LogP) is 1.86. The van der Waals surface area contributed by atoms with E-state index >= 15 is 0 Å². The van der Waals surface area contributed by atoms with Gasteiger partial charge in [0.2, 0.25) is 0 Å². The van der Waals surface area contributed by atoms with E-state index in [2.05, 4.69) is 21.2 Å². The predicted molar refractivity (Wildman–Crippen MR) is 101 cm³/mol. The summed E-state index contributed by atoms with van der Waals surface area (Å²) in [7, 11) is -0.436. The molecule has 0 unspecified atom stereocenters. The molecular formula is C18H23N5O4S. The smallest absolute Gasteiger partial charge is 0.264 e. The van der Waals surface area contributed by atoms with Gasteiger partial charge in [-0.15, -0.1) is 0 Å². The number of hydrogen-bond donors (Lipinski definition) is 0. The van der Waals surface area contributed by atoms with E-state index in [4.69, 9.17) is 9.26 Å². The maximum absolute atomic E-state index is 12.5. The van der Waals surface area contributed by atoms with Crippen molar-refractivity contribution in [1.82, 2.24) is 24.0 Å². The van der Waals surface area contributed by atoms with Crippen LogP contribution < -0.4 is 4.74 Å². The van der Waals surface area contributed by atoms with Gasteiger partial charge in [0.05, 0.1) is 6.33 Å². The number of nitrogens with zero attached hydrogens (tertiary/aromatic N) is 5. The van der Waals surface area contributed by atoms with E-state index in [0.29, 0.717) is 18.1 Å². The molecule has 2 heterocycles. The maximum atomic E-state index is 12.5. The van der Waals surface area contributed by atoms with Gasteiger partial charge in [-0.2, -0.15) is 9.29 Å². The molecular weight excluding hydrogens is 382 g/mol. The average molecular weight is 405 g/mol. The zero-order chi connectivity index (χ0) is 20.3. The summed E-state index contributed by atoms with van der Waals surface area (Å²) >= 11 is 0. The summed E-state index contributed by atoms with van der Waals surface area (Å²) in [5.74, 6) is 1.49. The molecule has 0 radical (unpaired) electrons. The molecule has 2 aromatic heterocycles. The van der Waals surface area contributed by atoms with Gasteiger partial charge < -0.3 is 13.8 Å². The van der Waals surface area contributed by atoms with E-state index in [1.54, 1.807) is 11.6 Å². The molecule has 0 aliphatic heterocycles. The molecule has 3 aromatic rings. The molecule has 0 fully saturated rings. The van der Waals surface area contributed by atoms with Crippen molar-refractivity contribution in [2.45, 2.75) is 31.9 Å². The van der Waals surface area contributed by atoms with Crippen LogP contribution in [-0.2, 0) is 30.1 Å². The molecule has 1 aromatic carbocycles. The Hall–Kier alpha value is -2.72. The van der Waals surface area contributed by atoms with Crippen molar-refractivity contribution in [3.8, 4) is 5.75 Å². The summed E-state index contributed by atoms with van der Waals surface area (Å²) in [5.41, 5.74) is 2.22. The summed E-state index contributed by atoms with van der Waals surface area (Å²) in [4.78, 5) is 8.16. The molecule has 0 amide bonds. The van der Waals surface area contributed by atoms with Crippen LogP contribution in [0.15, 0.2) is 40.3 Å². The Morgan fingerprint density at radius 2 is 1.93 bits per heavy atom. The molecule has 0 saturated heterocycles. The van der Waals surface area contributed by atoms with Crippen LogP contribution in [0.1, 0.15) is 22.8 Å². The van der Waals surface area contributed by atoms with E-state index in [0.717, 1.165) is 16.9 Å². The van der Waals surface area contributed by atoms with Crippen LogP contribution in [0.4, 0.5) is 0 Å². The molecule has 9 nitrogen and oxygen atoms in total. The van der Waals surface area contributed by atoms with Crippen LogP contribution in [-0.4, -0.2) is 46.0 Å². The number of rotatable bonds is 8. The molecule has 150 valence electrons. The third-order valence-electron chi connectivity index (χ3n) is 4.07. The molecule has 0 spiro atoms. The Labute approximate surface area is 164 Å². The minimum atomic E-state index is -3.65. The van der Waals surface area contributed by atoms with Crippen LogP contribution in [0, 0.1) is 13.8 Å². The molecule has 10 heteroatoms. The van der Waals surface area contributed by atoms with Gasteiger partial charge in [-0.1, -0.05) is 11.2 Å². The first kappa shape index (κ1) is 20.0. The highest BCUT2D eigenvalue weighted by atomic mass is 32.2. The minimum Gasteiger partial charge on any atom is -0.484 e. The van der Waals surface area contributed by atoms with Crippen molar-refractivity contribution in [1.29, 1.82) is 0 Å². The first-order valence-corrected chi connectivity index (χ1v) is 10.1. The van der Waals surface area contributed by atoms with Gasteiger partial charge in [0, 0.05) is 33.3 Å². The van der Waals surface area contributed by atoms with E-state index in [1.165, 1.54) is 23.9 Å². The van der Waals surface area contributed by atoms with Crippen molar-refractivity contribution in [3.63, 3.8) is 0 Å². The van der Waals surface area contributed by atoms with Crippen LogP contribution >= 0.6 is 0 Å². The van der Waals surface area contributed by atoms with E-state index in [-0.39, 0.29) is 18.2 Å². The maximum Gasteiger partial charge on any atom is 0.264 e. The van der Waals surface area contributed by atoms with Gasteiger partial charge in [-0.05, 0) is 37.1 Å². The topological polar surface area (TPSA) is 103 Å². The average Bonchev–Trinajstić information content (AvgIpc) is 3.26. The summed E-state index contributed by atoms with van der Waals surface area (Å²) in [6.45, 7) is 4.36. The van der Waals surface area contributed by atoms with Gasteiger partial charge >= 0.3 is 0 Å². The highest BCUT2D eigenvalue weighted by Gasteiger charge is 2.23. The second-order valence-electron chi connectivity index (χ2n) is 6.67. The zero-order valence-electron chi connectivity index (χ0n) is 16.3. The second kappa shape index (κ2) is 8.11. The standard InChI is InChI=1S/C18H23N5O4S/c1-13-7-14(2)9-15(8-13)26-11-17-20-16(21-27-17)5-6-23(4)28(24,25)18-10-22(3)12-19-18/h7-10,12H,5-6,11H2,1-4H3. The summed E-state index contributed by atoms with van der Waals surface area (Å²) in [5, 5.41) is 3.89.